The Labute approximate surface area is 152 Å². The van der Waals surface area contributed by atoms with E-state index < -0.39 is 5.41 Å². The third kappa shape index (κ3) is 3.85. The molecule has 2 amide bonds. The number of aryl methyl sites for hydroxylation is 2. The van der Waals surface area contributed by atoms with E-state index in [9.17, 15) is 9.59 Å². The van der Waals surface area contributed by atoms with E-state index in [-0.39, 0.29) is 11.8 Å². The molecule has 0 unspecified atom stereocenters. The van der Waals surface area contributed by atoms with Crippen LogP contribution in [0.4, 0.5) is 5.69 Å². The van der Waals surface area contributed by atoms with Crippen molar-refractivity contribution in [2.75, 3.05) is 5.32 Å². The fourth-order valence-electron chi connectivity index (χ4n) is 2.83. The average molecular weight is 357 g/mol. The zero-order chi connectivity index (χ0) is 18.0. The summed E-state index contributed by atoms with van der Waals surface area (Å²) in [6.07, 6.45) is 1.16. The summed E-state index contributed by atoms with van der Waals surface area (Å²) in [6.45, 7) is 4.34. The molecule has 2 aromatic rings. The Morgan fingerprint density at radius 1 is 1.04 bits per heavy atom. The largest absolute Gasteiger partial charge is 0.351 e. The van der Waals surface area contributed by atoms with Gasteiger partial charge >= 0.3 is 0 Å². The van der Waals surface area contributed by atoms with E-state index >= 15 is 0 Å². The van der Waals surface area contributed by atoms with Crippen molar-refractivity contribution >= 4 is 29.1 Å². The van der Waals surface area contributed by atoms with Crippen LogP contribution in [-0.4, -0.2) is 11.8 Å². The van der Waals surface area contributed by atoms with Crippen LogP contribution in [0.15, 0.2) is 42.5 Å². The number of carbonyl (C=O) groups is 2. The highest BCUT2D eigenvalue weighted by Crippen LogP contribution is 2.47. The van der Waals surface area contributed by atoms with Gasteiger partial charge in [-0.2, -0.15) is 0 Å². The lowest BCUT2D eigenvalue weighted by Gasteiger charge is -2.17. The standard InChI is InChI=1S/C20H21ClN2O2/c1-13-3-8-17(14(2)11-13)23-19(25)20(9-10-20)18(24)22-12-15-4-6-16(21)7-5-15/h3-8,11H,9-10,12H2,1-2H3,(H,22,24)(H,23,25). The zero-order valence-corrected chi connectivity index (χ0v) is 15.1. The van der Waals surface area contributed by atoms with Crippen LogP contribution in [-0.2, 0) is 16.1 Å². The highest BCUT2D eigenvalue weighted by Gasteiger charge is 2.56. The molecule has 0 spiro atoms. The lowest BCUT2D eigenvalue weighted by atomic mass is 10.0. The molecule has 5 heteroatoms. The van der Waals surface area contributed by atoms with Crippen molar-refractivity contribution in [2.24, 2.45) is 5.41 Å². The van der Waals surface area contributed by atoms with Crippen molar-refractivity contribution < 1.29 is 9.59 Å². The van der Waals surface area contributed by atoms with Crippen LogP contribution >= 0.6 is 11.6 Å². The second-order valence-corrected chi connectivity index (χ2v) is 7.10. The summed E-state index contributed by atoms with van der Waals surface area (Å²) in [4.78, 5) is 25.2. The first-order valence-corrected chi connectivity index (χ1v) is 8.70. The van der Waals surface area contributed by atoms with Gasteiger partial charge in [-0.3, -0.25) is 9.59 Å². The van der Waals surface area contributed by atoms with Crippen LogP contribution in [0.2, 0.25) is 5.02 Å². The maximum Gasteiger partial charge on any atom is 0.240 e. The number of amides is 2. The summed E-state index contributed by atoms with van der Waals surface area (Å²) in [5.41, 5.74) is 2.89. The first-order valence-electron chi connectivity index (χ1n) is 8.32. The summed E-state index contributed by atoms with van der Waals surface area (Å²) in [5.74, 6) is -0.447. The van der Waals surface area contributed by atoms with Gasteiger partial charge in [-0.1, -0.05) is 41.4 Å². The van der Waals surface area contributed by atoms with Crippen molar-refractivity contribution in [3.8, 4) is 0 Å². The molecule has 3 rings (SSSR count). The minimum atomic E-state index is -0.941. The number of halogens is 1. The van der Waals surface area contributed by atoms with Crippen molar-refractivity contribution in [3.05, 3.63) is 64.2 Å². The Morgan fingerprint density at radius 2 is 1.72 bits per heavy atom. The average Bonchev–Trinajstić information content (AvgIpc) is 3.38. The van der Waals surface area contributed by atoms with E-state index in [4.69, 9.17) is 11.6 Å². The van der Waals surface area contributed by atoms with Crippen LogP contribution in [0.3, 0.4) is 0 Å². The molecule has 130 valence electrons. The van der Waals surface area contributed by atoms with Gasteiger partial charge in [0.25, 0.3) is 0 Å². The summed E-state index contributed by atoms with van der Waals surface area (Å²) in [7, 11) is 0. The van der Waals surface area contributed by atoms with Gasteiger partial charge in [-0.15, -0.1) is 0 Å². The topological polar surface area (TPSA) is 58.2 Å². The van der Waals surface area contributed by atoms with Gasteiger partial charge in [0.05, 0.1) is 0 Å². The quantitative estimate of drug-likeness (QED) is 0.796. The number of hydrogen-bond donors (Lipinski definition) is 2. The fraction of sp³-hybridized carbons (Fsp3) is 0.300. The Hall–Kier alpha value is -2.33. The number of benzene rings is 2. The van der Waals surface area contributed by atoms with E-state index in [2.05, 4.69) is 10.6 Å². The molecule has 0 bridgehead atoms. The van der Waals surface area contributed by atoms with Gasteiger partial charge in [0.2, 0.25) is 11.8 Å². The number of carbonyl (C=O) groups excluding carboxylic acids is 2. The number of hydrogen-bond acceptors (Lipinski definition) is 2. The zero-order valence-electron chi connectivity index (χ0n) is 14.4. The van der Waals surface area contributed by atoms with E-state index in [0.717, 1.165) is 22.4 Å². The summed E-state index contributed by atoms with van der Waals surface area (Å²) < 4.78 is 0. The normalized spacial score (nSPS) is 14.7. The minimum Gasteiger partial charge on any atom is -0.351 e. The molecular weight excluding hydrogens is 336 g/mol. The Balaban J connectivity index is 1.63. The van der Waals surface area contributed by atoms with Crippen molar-refractivity contribution in [1.29, 1.82) is 0 Å². The third-order valence-corrected chi connectivity index (χ3v) is 4.87. The lowest BCUT2D eigenvalue weighted by Crippen LogP contribution is -2.39. The molecule has 1 aliphatic carbocycles. The molecule has 2 N–H and O–H groups in total. The molecule has 1 fully saturated rings. The highest BCUT2D eigenvalue weighted by molar-refractivity contribution is 6.30. The Bertz CT molecular complexity index is 811. The van der Waals surface area contributed by atoms with Gasteiger partial charge in [-0.05, 0) is 56.0 Å². The van der Waals surface area contributed by atoms with Crippen LogP contribution in [0.1, 0.15) is 29.5 Å². The maximum atomic E-state index is 12.6. The Kier molecular flexibility index (Phi) is 4.82. The molecule has 0 atom stereocenters. The molecule has 0 aromatic heterocycles. The van der Waals surface area contributed by atoms with Gasteiger partial charge < -0.3 is 10.6 Å². The second kappa shape index (κ2) is 6.89. The smallest absolute Gasteiger partial charge is 0.240 e. The summed E-state index contributed by atoms with van der Waals surface area (Å²) >= 11 is 5.86. The first kappa shape index (κ1) is 17.5. The number of rotatable bonds is 5. The second-order valence-electron chi connectivity index (χ2n) is 6.66. The van der Waals surface area contributed by atoms with E-state index in [0.29, 0.717) is 24.4 Å². The van der Waals surface area contributed by atoms with Gasteiger partial charge in [0.1, 0.15) is 5.41 Å². The summed E-state index contributed by atoms with van der Waals surface area (Å²) in [5, 5.41) is 6.43. The molecule has 25 heavy (non-hydrogen) atoms. The van der Waals surface area contributed by atoms with E-state index in [1.54, 1.807) is 12.1 Å². The monoisotopic (exact) mass is 356 g/mol. The van der Waals surface area contributed by atoms with Gasteiger partial charge in [0, 0.05) is 17.3 Å². The third-order valence-electron chi connectivity index (χ3n) is 4.62. The SMILES string of the molecule is Cc1ccc(NC(=O)C2(C(=O)NCc3ccc(Cl)cc3)CC2)c(C)c1. The van der Waals surface area contributed by atoms with E-state index in [1.165, 1.54) is 0 Å². The number of anilines is 1. The summed E-state index contributed by atoms with van der Waals surface area (Å²) in [6, 6.07) is 13.1. The maximum absolute atomic E-state index is 12.6. The lowest BCUT2D eigenvalue weighted by molar-refractivity contribution is -0.134. The minimum absolute atomic E-state index is 0.218. The molecule has 0 saturated heterocycles. The van der Waals surface area contributed by atoms with Gasteiger partial charge in [0.15, 0.2) is 0 Å². The van der Waals surface area contributed by atoms with Crippen molar-refractivity contribution in [2.45, 2.75) is 33.2 Å². The van der Waals surface area contributed by atoms with Crippen LogP contribution in [0.5, 0.6) is 0 Å². The number of nitrogens with one attached hydrogen (secondary N) is 2. The molecule has 0 heterocycles. The van der Waals surface area contributed by atoms with E-state index in [1.807, 2.05) is 44.2 Å². The molecule has 4 nitrogen and oxygen atoms in total. The van der Waals surface area contributed by atoms with Crippen LogP contribution < -0.4 is 10.6 Å². The Morgan fingerprint density at radius 3 is 2.32 bits per heavy atom. The molecule has 1 aliphatic rings. The molecule has 2 aromatic carbocycles. The molecule has 1 saturated carbocycles. The predicted molar refractivity (Wildman–Crippen MR) is 99.5 cm³/mol. The molecular formula is C20H21ClN2O2. The van der Waals surface area contributed by atoms with Crippen LogP contribution in [0.25, 0.3) is 0 Å². The fourth-order valence-corrected chi connectivity index (χ4v) is 2.96. The highest BCUT2D eigenvalue weighted by atomic mass is 35.5. The van der Waals surface area contributed by atoms with Crippen molar-refractivity contribution in [1.82, 2.24) is 5.32 Å². The van der Waals surface area contributed by atoms with Crippen LogP contribution in [0, 0.1) is 19.3 Å². The first-order chi connectivity index (χ1) is 11.9. The predicted octanol–water partition coefficient (Wildman–Crippen LogP) is 3.99. The molecule has 0 aliphatic heterocycles. The van der Waals surface area contributed by atoms with Gasteiger partial charge in [-0.25, -0.2) is 0 Å². The molecule has 0 radical (unpaired) electrons. The van der Waals surface area contributed by atoms with Crippen molar-refractivity contribution in [3.63, 3.8) is 0 Å².